The summed E-state index contributed by atoms with van der Waals surface area (Å²) < 4.78 is 2.47. The van der Waals surface area contributed by atoms with Gasteiger partial charge >= 0.3 is 0 Å². The van der Waals surface area contributed by atoms with Crippen molar-refractivity contribution in [3.05, 3.63) is 84.5 Å². The first-order valence-corrected chi connectivity index (χ1v) is 8.35. The van der Waals surface area contributed by atoms with Gasteiger partial charge in [0.15, 0.2) is 0 Å². The molecule has 0 unspecified atom stereocenters. The van der Waals surface area contributed by atoms with Gasteiger partial charge in [0.2, 0.25) is 0 Å². The van der Waals surface area contributed by atoms with Gasteiger partial charge in [0.1, 0.15) is 0 Å². The van der Waals surface area contributed by atoms with Crippen molar-refractivity contribution in [3.8, 4) is 0 Å². The van der Waals surface area contributed by atoms with E-state index in [-0.39, 0.29) is 0 Å². The predicted octanol–water partition coefficient (Wildman–Crippen LogP) is 6.02. The Morgan fingerprint density at radius 2 is 1.61 bits per heavy atom. The molecule has 0 aliphatic heterocycles. The second-order valence-electron chi connectivity index (χ2n) is 6.19. The fourth-order valence-electron chi connectivity index (χ4n) is 3.63. The minimum Gasteiger partial charge on any atom is -0.340 e. The summed E-state index contributed by atoms with van der Waals surface area (Å²) in [5.74, 6) is 0. The maximum absolute atomic E-state index is 3.89. The van der Waals surface area contributed by atoms with Crippen LogP contribution in [0.5, 0.6) is 0 Å². The molecule has 2 aromatic carbocycles. The SMILES string of the molecule is C=CC1=CCCC(CCn2c3ccccc3c3ccccc32)=C1. The van der Waals surface area contributed by atoms with Crippen LogP contribution in [-0.4, -0.2) is 4.57 Å². The van der Waals surface area contributed by atoms with E-state index in [1.807, 2.05) is 6.08 Å². The Kier molecular flexibility index (Phi) is 3.63. The van der Waals surface area contributed by atoms with E-state index in [1.165, 1.54) is 39.4 Å². The third kappa shape index (κ3) is 2.53. The van der Waals surface area contributed by atoms with Crippen molar-refractivity contribution in [2.45, 2.75) is 25.8 Å². The van der Waals surface area contributed by atoms with Crippen LogP contribution in [0.4, 0.5) is 0 Å². The van der Waals surface area contributed by atoms with Gasteiger partial charge in [-0.3, -0.25) is 0 Å². The van der Waals surface area contributed by atoms with Crippen molar-refractivity contribution in [2.75, 3.05) is 0 Å². The average Bonchev–Trinajstić information content (AvgIpc) is 2.94. The largest absolute Gasteiger partial charge is 0.340 e. The van der Waals surface area contributed by atoms with E-state index >= 15 is 0 Å². The van der Waals surface area contributed by atoms with E-state index in [4.69, 9.17) is 0 Å². The first kappa shape index (κ1) is 14.1. The summed E-state index contributed by atoms with van der Waals surface area (Å²) in [5.41, 5.74) is 5.48. The second-order valence-corrected chi connectivity index (χ2v) is 6.19. The van der Waals surface area contributed by atoms with Crippen molar-refractivity contribution < 1.29 is 0 Å². The fraction of sp³-hybridized carbons (Fsp3) is 0.182. The maximum atomic E-state index is 3.89. The van der Waals surface area contributed by atoms with Gasteiger partial charge in [-0.05, 0) is 37.0 Å². The van der Waals surface area contributed by atoms with Gasteiger partial charge in [-0.1, -0.05) is 66.8 Å². The number of benzene rings is 2. The minimum absolute atomic E-state index is 1.03. The van der Waals surface area contributed by atoms with Crippen LogP contribution in [0.1, 0.15) is 19.3 Å². The molecule has 4 rings (SSSR count). The van der Waals surface area contributed by atoms with Gasteiger partial charge in [0.05, 0.1) is 0 Å². The van der Waals surface area contributed by atoms with E-state index in [2.05, 4.69) is 71.8 Å². The quantitative estimate of drug-likeness (QED) is 0.555. The molecule has 0 N–H and O–H groups in total. The predicted molar refractivity (Wildman–Crippen MR) is 99.7 cm³/mol. The van der Waals surface area contributed by atoms with E-state index in [9.17, 15) is 0 Å². The standard InChI is InChI=1S/C22H21N/c1-2-17-8-7-9-18(16-17)14-15-23-21-12-5-3-10-19(21)20-11-4-6-13-22(20)23/h2-6,8,10-13,16H,1,7,9,14-15H2. The lowest BCUT2D eigenvalue weighted by molar-refractivity contribution is 0.710. The van der Waals surface area contributed by atoms with Crippen molar-refractivity contribution in [1.82, 2.24) is 4.57 Å². The summed E-state index contributed by atoms with van der Waals surface area (Å²) >= 11 is 0. The van der Waals surface area contributed by atoms with Crippen molar-refractivity contribution in [2.24, 2.45) is 0 Å². The number of para-hydroxylation sites is 2. The monoisotopic (exact) mass is 299 g/mol. The molecule has 0 saturated carbocycles. The Hall–Kier alpha value is -2.54. The molecule has 0 bridgehead atoms. The Morgan fingerprint density at radius 1 is 0.957 bits per heavy atom. The topological polar surface area (TPSA) is 4.93 Å². The summed E-state index contributed by atoms with van der Waals surface area (Å²) in [7, 11) is 0. The van der Waals surface area contributed by atoms with E-state index < -0.39 is 0 Å². The summed E-state index contributed by atoms with van der Waals surface area (Å²) in [6.45, 7) is 4.92. The lowest BCUT2D eigenvalue weighted by Gasteiger charge is -2.14. The molecule has 1 nitrogen and oxygen atoms in total. The smallest absolute Gasteiger partial charge is 0.0491 e. The highest BCUT2D eigenvalue weighted by molar-refractivity contribution is 6.07. The van der Waals surface area contributed by atoms with Crippen molar-refractivity contribution >= 4 is 21.8 Å². The molecule has 0 spiro atoms. The highest BCUT2D eigenvalue weighted by atomic mass is 15.0. The number of aryl methyl sites for hydroxylation is 1. The number of allylic oxidation sites excluding steroid dienone is 5. The molecule has 0 saturated heterocycles. The normalized spacial score (nSPS) is 14.8. The molecule has 1 aliphatic rings. The molecule has 0 fully saturated rings. The zero-order chi connectivity index (χ0) is 15.6. The van der Waals surface area contributed by atoms with Crippen LogP contribution in [0.2, 0.25) is 0 Å². The Bertz CT molecular complexity index is 884. The first-order valence-electron chi connectivity index (χ1n) is 8.35. The molecule has 0 radical (unpaired) electrons. The second kappa shape index (κ2) is 5.92. The fourth-order valence-corrected chi connectivity index (χ4v) is 3.63. The summed E-state index contributed by atoms with van der Waals surface area (Å²) in [6.07, 6.45) is 9.96. The highest BCUT2D eigenvalue weighted by Crippen LogP contribution is 2.30. The molecule has 1 aromatic heterocycles. The molecular weight excluding hydrogens is 278 g/mol. The number of rotatable bonds is 4. The average molecular weight is 299 g/mol. The molecule has 114 valence electrons. The van der Waals surface area contributed by atoms with Gasteiger partial charge in [-0.2, -0.15) is 0 Å². The first-order chi connectivity index (χ1) is 11.4. The lowest BCUT2D eigenvalue weighted by atomic mass is 9.97. The number of hydrogen-bond donors (Lipinski definition) is 0. The van der Waals surface area contributed by atoms with Crippen molar-refractivity contribution in [3.63, 3.8) is 0 Å². The highest BCUT2D eigenvalue weighted by Gasteiger charge is 2.10. The van der Waals surface area contributed by atoms with Crippen LogP contribution in [0.15, 0.2) is 84.5 Å². The minimum atomic E-state index is 1.03. The van der Waals surface area contributed by atoms with Crippen LogP contribution in [0, 0.1) is 0 Å². The molecular formula is C22H21N. The third-order valence-corrected chi connectivity index (χ3v) is 4.79. The number of hydrogen-bond acceptors (Lipinski definition) is 0. The Balaban J connectivity index is 1.72. The molecule has 1 heteroatoms. The van der Waals surface area contributed by atoms with Gasteiger partial charge in [0.25, 0.3) is 0 Å². The van der Waals surface area contributed by atoms with Crippen molar-refractivity contribution in [1.29, 1.82) is 0 Å². The van der Waals surface area contributed by atoms with E-state index in [0.29, 0.717) is 0 Å². The van der Waals surface area contributed by atoms with Crippen LogP contribution in [0.25, 0.3) is 21.8 Å². The Morgan fingerprint density at radius 3 is 2.26 bits per heavy atom. The van der Waals surface area contributed by atoms with Crippen LogP contribution < -0.4 is 0 Å². The van der Waals surface area contributed by atoms with Gasteiger partial charge < -0.3 is 4.57 Å². The molecule has 1 aliphatic carbocycles. The molecule has 0 atom stereocenters. The van der Waals surface area contributed by atoms with E-state index in [0.717, 1.165) is 19.4 Å². The van der Waals surface area contributed by atoms with Crippen LogP contribution in [-0.2, 0) is 6.54 Å². The molecule has 1 heterocycles. The third-order valence-electron chi connectivity index (χ3n) is 4.79. The zero-order valence-corrected chi connectivity index (χ0v) is 13.3. The van der Waals surface area contributed by atoms with Crippen LogP contribution >= 0.6 is 0 Å². The summed E-state index contributed by atoms with van der Waals surface area (Å²) in [6, 6.07) is 17.5. The number of nitrogens with zero attached hydrogens (tertiary/aromatic N) is 1. The molecule has 0 amide bonds. The Labute approximate surface area is 137 Å². The van der Waals surface area contributed by atoms with Crippen LogP contribution in [0.3, 0.4) is 0 Å². The van der Waals surface area contributed by atoms with Gasteiger partial charge in [-0.25, -0.2) is 0 Å². The molecule has 3 aromatic rings. The number of fused-ring (bicyclic) bond motifs is 3. The zero-order valence-electron chi connectivity index (χ0n) is 13.3. The molecule has 23 heavy (non-hydrogen) atoms. The van der Waals surface area contributed by atoms with E-state index in [1.54, 1.807) is 0 Å². The summed E-state index contributed by atoms with van der Waals surface area (Å²) in [4.78, 5) is 0. The van der Waals surface area contributed by atoms with Gasteiger partial charge in [-0.15, -0.1) is 0 Å². The lowest BCUT2D eigenvalue weighted by Crippen LogP contribution is -2.01. The van der Waals surface area contributed by atoms with Gasteiger partial charge in [0, 0.05) is 28.4 Å². The number of aromatic nitrogens is 1. The maximum Gasteiger partial charge on any atom is 0.0491 e. The summed E-state index contributed by atoms with van der Waals surface area (Å²) in [5, 5.41) is 2.71.